The molecule has 2 aliphatic rings. The highest BCUT2D eigenvalue weighted by Gasteiger charge is 2.31. The summed E-state index contributed by atoms with van der Waals surface area (Å²) in [6.45, 7) is 1.63. The van der Waals surface area contributed by atoms with Gasteiger partial charge in [-0.2, -0.15) is 0 Å². The Balaban J connectivity index is 1.36. The lowest BCUT2D eigenvalue weighted by Gasteiger charge is -2.23. The summed E-state index contributed by atoms with van der Waals surface area (Å²) in [6, 6.07) is 16.9. The van der Waals surface area contributed by atoms with Gasteiger partial charge in [0.05, 0.1) is 12.1 Å². The Morgan fingerprint density at radius 1 is 1.15 bits per heavy atom. The molecule has 1 aromatic carbocycles. The minimum absolute atomic E-state index is 0.0372. The molecule has 0 saturated heterocycles. The number of amides is 1. The molecular formula is C22H21N3OS. The van der Waals surface area contributed by atoms with Crippen LogP contribution in [0.3, 0.4) is 0 Å². The zero-order valence-corrected chi connectivity index (χ0v) is 15.9. The first-order chi connectivity index (χ1) is 13.3. The van der Waals surface area contributed by atoms with Crippen LogP contribution in [0.2, 0.25) is 0 Å². The van der Waals surface area contributed by atoms with Crippen LogP contribution in [-0.4, -0.2) is 23.5 Å². The molecule has 0 spiro atoms. The molecule has 5 heteroatoms. The lowest BCUT2D eigenvalue weighted by molar-refractivity contribution is 0.0989. The summed E-state index contributed by atoms with van der Waals surface area (Å²) in [7, 11) is 0. The number of rotatable bonds is 5. The van der Waals surface area contributed by atoms with Crippen molar-refractivity contribution in [3.63, 3.8) is 0 Å². The summed E-state index contributed by atoms with van der Waals surface area (Å²) < 4.78 is 0. The van der Waals surface area contributed by atoms with Crippen LogP contribution < -0.4 is 9.80 Å². The predicted molar refractivity (Wildman–Crippen MR) is 110 cm³/mol. The maximum Gasteiger partial charge on any atom is 0.259 e. The number of hydrogen-bond acceptors (Lipinski definition) is 4. The van der Waals surface area contributed by atoms with Crippen LogP contribution in [0.5, 0.6) is 0 Å². The number of para-hydroxylation sites is 1. The summed E-state index contributed by atoms with van der Waals surface area (Å²) in [5, 5.41) is 2.11. The average Bonchev–Trinajstić information content (AvgIpc) is 3.25. The van der Waals surface area contributed by atoms with Gasteiger partial charge in [-0.1, -0.05) is 24.3 Å². The van der Waals surface area contributed by atoms with Gasteiger partial charge in [-0.15, -0.1) is 11.3 Å². The van der Waals surface area contributed by atoms with E-state index in [0.29, 0.717) is 11.6 Å². The van der Waals surface area contributed by atoms with Crippen molar-refractivity contribution in [3.05, 3.63) is 76.1 Å². The average molecular weight is 375 g/mol. The smallest absolute Gasteiger partial charge is 0.259 e. The van der Waals surface area contributed by atoms with Gasteiger partial charge in [-0.3, -0.25) is 4.79 Å². The zero-order valence-electron chi connectivity index (χ0n) is 15.0. The molecule has 5 rings (SSSR count). The van der Waals surface area contributed by atoms with Crippen molar-refractivity contribution in [1.82, 2.24) is 4.98 Å². The molecule has 3 heterocycles. The van der Waals surface area contributed by atoms with Crippen molar-refractivity contribution >= 4 is 28.7 Å². The molecular weight excluding hydrogens is 354 g/mol. The number of benzene rings is 1. The summed E-state index contributed by atoms with van der Waals surface area (Å²) in [6.07, 6.45) is 5.10. The number of thiophene rings is 1. The fraction of sp³-hybridized carbons (Fsp3) is 0.273. The van der Waals surface area contributed by atoms with Crippen LogP contribution in [0.1, 0.15) is 33.6 Å². The highest BCUT2D eigenvalue weighted by Crippen LogP contribution is 2.33. The minimum Gasteiger partial charge on any atom is -0.348 e. The highest BCUT2D eigenvalue weighted by atomic mass is 32.1. The Bertz CT molecular complexity index is 948. The Morgan fingerprint density at radius 3 is 2.78 bits per heavy atom. The van der Waals surface area contributed by atoms with Gasteiger partial charge in [0.15, 0.2) is 0 Å². The molecule has 136 valence electrons. The van der Waals surface area contributed by atoms with Crippen molar-refractivity contribution in [2.45, 2.75) is 31.8 Å². The van der Waals surface area contributed by atoms with Gasteiger partial charge in [-0.05, 0) is 54.5 Å². The fourth-order valence-electron chi connectivity index (χ4n) is 3.74. The van der Waals surface area contributed by atoms with E-state index in [1.165, 1.54) is 23.3 Å². The van der Waals surface area contributed by atoms with E-state index in [-0.39, 0.29) is 5.91 Å². The van der Waals surface area contributed by atoms with Crippen LogP contribution >= 0.6 is 11.3 Å². The maximum absolute atomic E-state index is 13.0. The number of carbonyl (C=O) groups excluding carboxylic acids is 1. The van der Waals surface area contributed by atoms with Crippen LogP contribution in [0, 0.1) is 0 Å². The Morgan fingerprint density at radius 2 is 2.04 bits per heavy atom. The molecule has 27 heavy (non-hydrogen) atoms. The molecule has 2 aromatic heterocycles. The standard InChI is InChI=1S/C22H21N3OS/c26-22(24-12-11-16-4-1-2-6-20(16)24)17-7-10-21(23-14-17)25(18-8-9-18)15-19-5-3-13-27-19/h1-7,10,13-14,18H,8-9,11-12,15H2. The Kier molecular flexibility index (Phi) is 4.17. The molecule has 0 atom stereocenters. The Labute approximate surface area is 163 Å². The van der Waals surface area contributed by atoms with E-state index in [2.05, 4.69) is 33.5 Å². The normalized spacial score (nSPS) is 15.6. The molecule has 1 amide bonds. The van der Waals surface area contributed by atoms with Crippen LogP contribution in [-0.2, 0) is 13.0 Å². The van der Waals surface area contributed by atoms with Crippen molar-refractivity contribution in [3.8, 4) is 0 Å². The molecule has 0 unspecified atom stereocenters. The number of aromatic nitrogens is 1. The molecule has 3 aromatic rings. The fourth-order valence-corrected chi connectivity index (χ4v) is 4.44. The second kappa shape index (κ2) is 6.82. The summed E-state index contributed by atoms with van der Waals surface area (Å²) in [5.74, 6) is 1.000. The van der Waals surface area contributed by atoms with Gasteiger partial charge >= 0.3 is 0 Å². The van der Waals surface area contributed by atoms with Gasteiger partial charge in [0.1, 0.15) is 5.82 Å². The third kappa shape index (κ3) is 3.23. The minimum atomic E-state index is 0.0372. The zero-order chi connectivity index (χ0) is 18.2. The maximum atomic E-state index is 13.0. The predicted octanol–water partition coefficient (Wildman–Crippen LogP) is 4.52. The van der Waals surface area contributed by atoms with Gasteiger partial charge in [0.25, 0.3) is 5.91 Å². The first-order valence-electron chi connectivity index (χ1n) is 9.44. The van der Waals surface area contributed by atoms with E-state index in [9.17, 15) is 4.79 Å². The monoisotopic (exact) mass is 375 g/mol. The molecule has 0 radical (unpaired) electrons. The van der Waals surface area contributed by atoms with E-state index in [1.807, 2.05) is 35.2 Å². The van der Waals surface area contributed by atoms with Gasteiger partial charge in [0, 0.05) is 29.3 Å². The first-order valence-corrected chi connectivity index (χ1v) is 10.3. The largest absolute Gasteiger partial charge is 0.348 e. The molecule has 0 N–H and O–H groups in total. The van der Waals surface area contributed by atoms with Crippen LogP contribution in [0.15, 0.2) is 60.1 Å². The van der Waals surface area contributed by atoms with E-state index in [1.54, 1.807) is 17.5 Å². The number of hydrogen-bond donors (Lipinski definition) is 0. The topological polar surface area (TPSA) is 36.4 Å². The molecule has 1 saturated carbocycles. The highest BCUT2D eigenvalue weighted by molar-refractivity contribution is 7.09. The second-order valence-electron chi connectivity index (χ2n) is 7.18. The molecule has 1 aliphatic carbocycles. The summed E-state index contributed by atoms with van der Waals surface area (Å²) in [5.41, 5.74) is 2.93. The van der Waals surface area contributed by atoms with Crippen molar-refractivity contribution in [2.75, 3.05) is 16.3 Å². The van der Waals surface area contributed by atoms with Gasteiger partial charge in [-0.25, -0.2) is 4.98 Å². The molecule has 1 fully saturated rings. The van der Waals surface area contributed by atoms with Gasteiger partial charge < -0.3 is 9.80 Å². The van der Waals surface area contributed by atoms with Crippen LogP contribution in [0.4, 0.5) is 11.5 Å². The van der Waals surface area contributed by atoms with Crippen molar-refractivity contribution in [1.29, 1.82) is 0 Å². The van der Waals surface area contributed by atoms with Crippen molar-refractivity contribution in [2.24, 2.45) is 0 Å². The van der Waals surface area contributed by atoms with E-state index in [0.717, 1.165) is 31.0 Å². The molecule has 0 bridgehead atoms. The summed E-state index contributed by atoms with van der Waals surface area (Å²) in [4.78, 5) is 23.2. The first kappa shape index (κ1) is 16.5. The lowest BCUT2D eigenvalue weighted by Crippen LogP contribution is -2.29. The number of fused-ring (bicyclic) bond motifs is 1. The lowest BCUT2D eigenvalue weighted by atomic mass is 10.2. The van der Waals surface area contributed by atoms with Crippen LogP contribution in [0.25, 0.3) is 0 Å². The number of carbonyl (C=O) groups is 1. The SMILES string of the molecule is O=C(c1ccc(N(Cc2cccs2)C2CC2)nc1)N1CCc2ccccc21. The molecule has 1 aliphatic heterocycles. The third-order valence-electron chi connectivity index (χ3n) is 5.32. The quantitative estimate of drug-likeness (QED) is 0.658. The van der Waals surface area contributed by atoms with E-state index < -0.39 is 0 Å². The number of pyridine rings is 1. The molecule has 4 nitrogen and oxygen atoms in total. The number of nitrogens with zero attached hydrogens (tertiary/aromatic N) is 3. The second-order valence-corrected chi connectivity index (χ2v) is 8.21. The van der Waals surface area contributed by atoms with Crippen molar-refractivity contribution < 1.29 is 4.79 Å². The van der Waals surface area contributed by atoms with E-state index >= 15 is 0 Å². The van der Waals surface area contributed by atoms with E-state index in [4.69, 9.17) is 0 Å². The van der Waals surface area contributed by atoms with Gasteiger partial charge in [0.2, 0.25) is 0 Å². The third-order valence-corrected chi connectivity index (χ3v) is 6.18. The number of anilines is 2. The summed E-state index contributed by atoms with van der Waals surface area (Å²) >= 11 is 1.78. The Hall–Kier alpha value is -2.66.